The number of ketones is 1. The lowest BCUT2D eigenvalue weighted by Crippen LogP contribution is -2.47. The van der Waals surface area contributed by atoms with Crippen LogP contribution in [0.5, 0.6) is 0 Å². The molecule has 2 fully saturated rings. The minimum atomic E-state index is 0.168. The average Bonchev–Trinajstić information content (AvgIpc) is 2.48. The molecule has 1 aliphatic heterocycles. The van der Waals surface area contributed by atoms with E-state index < -0.39 is 0 Å². The quantitative estimate of drug-likeness (QED) is 0.856. The van der Waals surface area contributed by atoms with E-state index in [0.717, 1.165) is 58.2 Å². The molecule has 114 valence electrons. The van der Waals surface area contributed by atoms with Gasteiger partial charge in [-0.1, -0.05) is 6.92 Å². The van der Waals surface area contributed by atoms with Crippen LogP contribution in [0.2, 0.25) is 0 Å². The number of nitrogens with zero attached hydrogens (tertiary/aromatic N) is 1. The first-order valence-corrected chi connectivity index (χ1v) is 8.14. The Balaban J connectivity index is 1.77. The molecule has 0 atom stereocenters. The van der Waals surface area contributed by atoms with Gasteiger partial charge in [0.1, 0.15) is 5.78 Å². The van der Waals surface area contributed by atoms with Gasteiger partial charge in [-0.2, -0.15) is 0 Å². The molecule has 0 aromatic rings. The molecule has 0 aromatic heterocycles. The molecule has 1 heterocycles. The van der Waals surface area contributed by atoms with E-state index in [1.54, 1.807) is 6.92 Å². The zero-order chi connectivity index (χ0) is 14.5. The van der Waals surface area contributed by atoms with E-state index in [2.05, 4.69) is 12.2 Å². The number of Topliss-reactive ketones (excluding diaryl/α,β-unsaturated/α-hetero) is 1. The average molecular weight is 280 g/mol. The molecule has 0 bridgehead atoms. The molecule has 0 unspecified atom stereocenters. The summed E-state index contributed by atoms with van der Waals surface area (Å²) in [5.41, 5.74) is 0. The molecule has 0 aromatic carbocycles. The van der Waals surface area contributed by atoms with Crippen molar-refractivity contribution in [3.63, 3.8) is 0 Å². The highest BCUT2D eigenvalue weighted by Crippen LogP contribution is 2.31. The smallest absolute Gasteiger partial charge is 0.225 e. The number of nitrogens with one attached hydrogen (secondary N) is 1. The molecule has 1 saturated heterocycles. The lowest BCUT2D eigenvalue weighted by Gasteiger charge is -2.36. The van der Waals surface area contributed by atoms with E-state index in [1.165, 1.54) is 0 Å². The minimum absolute atomic E-state index is 0.168. The molecule has 1 aliphatic carbocycles. The van der Waals surface area contributed by atoms with Crippen LogP contribution in [0.25, 0.3) is 0 Å². The molecule has 2 rings (SSSR count). The molecule has 0 spiro atoms. The molecule has 20 heavy (non-hydrogen) atoms. The summed E-state index contributed by atoms with van der Waals surface area (Å²) in [5, 5.41) is 3.47. The molecule has 1 N–H and O–H groups in total. The van der Waals surface area contributed by atoms with Gasteiger partial charge in [0, 0.05) is 31.0 Å². The largest absolute Gasteiger partial charge is 0.342 e. The fourth-order valence-electron chi connectivity index (χ4n) is 3.60. The number of amides is 1. The number of likely N-dealkylation sites (tertiary alicyclic amines) is 1. The highest BCUT2D eigenvalue weighted by Gasteiger charge is 2.32. The third-order valence-corrected chi connectivity index (χ3v) is 4.95. The third-order valence-electron chi connectivity index (χ3n) is 4.95. The maximum Gasteiger partial charge on any atom is 0.225 e. The van der Waals surface area contributed by atoms with Crippen LogP contribution in [-0.4, -0.2) is 42.3 Å². The van der Waals surface area contributed by atoms with Gasteiger partial charge < -0.3 is 10.2 Å². The van der Waals surface area contributed by atoms with E-state index in [-0.39, 0.29) is 11.8 Å². The summed E-state index contributed by atoms with van der Waals surface area (Å²) in [5.74, 6) is 1.00. The summed E-state index contributed by atoms with van der Waals surface area (Å²) in [4.78, 5) is 25.9. The standard InChI is InChI=1S/C16H28N2O2/c1-3-17-15-8-10-18(11-9-15)16(20)14-6-4-13(5-7-14)12(2)19/h13-15,17H,3-11H2,1-2H3/t13-,14-. The van der Waals surface area contributed by atoms with Crippen molar-refractivity contribution < 1.29 is 9.59 Å². The first kappa shape index (κ1) is 15.5. The zero-order valence-electron chi connectivity index (χ0n) is 12.9. The van der Waals surface area contributed by atoms with Crippen LogP contribution in [0.4, 0.5) is 0 Å². The maximum absolute atomic E-state index is 12.5. The first-order chi connectivity index (χ1) is 9.61. The molecule has 0 radical (unpaired) electrons. The van der Waals surface area contributed by atoms with Crippen LogP contribution in [0.1, 0.15) is 52.4 Å². The number of carbonyl (C=O) groups excluding carboxylic acids is 2. The highest BCUT2D eigenvalue weighted by atomic mass is 16.2. The van der Waals surface area contributed by atoms with E-state index >= 15 is 0 Å². The zero-order valence-corrected chi connectivity index (χ0v) is 12.9. The van der Waals surface area contributed by atoms with Gasteiger partial charge in [-0.05, 0) is 52.0 Å². The van der Waals surface area contributed by atoms with Crippen molar-refractivity contribution in [2.24, 2.45) is 11.8 Å². The Morgan fingerprint density at radius 3 is 2.05 bits per heavy atom. The second-order valence-electron chi connectivity index (χ2n) is 6.32. The van der Waals surface area contributed by atoms with Crippen molar-refractivity contribution >= 4 is 11.7 Å². The van der Waals surface area contributed by atoms with Crippen LogP contribution < -0.4 is 5.32 Å². The summed E-state index contributed by atoms with van der Waals surface area (Å²) in [6, 6.07) is 0.581. The number of piperidine rings is 1. The second-order valence-corrected chi connectivity index (χ2v) is 6.32. The van der Waals surface area contributed by atoms with E-state index in [4.69, 9.17) is 0 Å². The fourth-order valence-corrected chi connectivity index (χ4v) is 3.60. The monoisotopic (exact) mass is 280 g/mol. The summed E-state index contributed by atoms with van der Waals surface area (Å²) in [6.45, 7) is 6.60. The summed E-state index contributed by atoms with van der Waals surface area (Å²) in [6.07, 6.45) is 5.75. The van der Waals surface area contributed by atoms with Gasteiger partial charge in [0.15, 0.2) is 0 Å². The van der Waals surface area contributed by atoms with Crippen LogP contribution in [0.3, 0.4) is 0 Å². The van der Waals surface area contributed by atoms with Gasteiger partial charge in [-0.15, -0.1) is 0 Å². The maximum atomic E-state index is 12.5. The van der Waals surface area contributed by atoms with Gasteiger partial charge in [-0.25, -0.2) is 0 Å². The second kappa shape index (κ2) is 7.21. The molecule has 2 aliphatic rings. The van der Waals surface area contributed by atoms with Crippen LogP contribution >= 0.6 is 0 Å². The molecular formula is C16H28N2O2. The Morgan fingerprint density at radius 1 is 1.00 bits per heavy atom. The van der Waals surface area contributed by atoms with Gasteiger partial charge in [0.2, 0.25) is 5.91 Å². The first-order valence-electron chi connectivity index (χ1n) is 8.14. The van der Waals surface area contributed by atoms with Crippen LogP contribution in [-0.2, 0) is 9.59 Å². The van der Waals surface area contributed by atoms with Gasteiger partial charge in [-0.3, -0.25) is 9.59 Å². The van der Waals surface area contributed by atoms with Crippen molar-refractivity contribution in [3.05, 3.63) is 0 Å². The lowest BCUT2D eigenvalue weighted by molar-refractivity contribution is -0.139. The Morgan fingerprint density at radius 2 is 1.55 bits per heavy atom. The van der Waals surface area contributed by atoms with Crippen molar-refractivity contribution in [3.8, 4) is 0 Å². The molecule has 1 amide bonds. The van der Waals surface area contributed by atoms with E-state index in [9.17, 15) is 9.59 Å². The Labute approximate surface area is 122 Å². The van der Waals surface area contributed by atoms with Crippen LogP contribution in [0.15, 0.2) is 0 Å². The Bertz CT molecular complexity index is 340. The number of hydrogen-bond acceptors (Lipinski definition) is 3. The highest BCUT2D eigenvalue weighted by molar-refractivity contribution is 5.81. The predicted molar refractivity (Wildman–Crippen MR) is 79.4 cm³/mol. The normalized spacial score (nSPS) is 28.4. The number of hydrogen-bond donors (Lipinski definition) is 1. The topological polar surface area (TPSA) is 49.4 Å². The third kappa shape index (κ3) is 3.81. The Kier molecular flexibility index (Phi) is 5.58. The summed E-state index contributed by atoms with van der Waals surface area (Å²) in [7, 11) is 0. The SMILES string of the molecule is CCNC1CCN(C(=O)[C@H]2CC[C@H](C(C)=O)CC2)CC1. The molecule has 1 saturated carbocycles. The summed E-state index contributed by atoms with van der Waals surface area (Å²) < 4.78 is 0. The molecule has 4 heteroatoms. The molecule has 4 nitrogen and oxygen atoms in total. The number of carbonyl (C=O) groups is 2. The van der Waals surface area contributed by atoms with Gasteiger partial charge in [0.05, 0.1) is 0 Å². The summed E-state index contributed by atoms with van der Waals surface area (Å²) >= 11 is 0. The van der Waals surface area contributed by atoms with Crippen molar-refractivity contribution in [2.45, 2.75) is 58.4 Å². The van der Waals surface area contributed by atoms with E-state index in [0.29, 0.717) is 17.7 Å². The minimum Gasteiger partial charge on any atom is -0.342 e. The van der Waals surface area contributed by atoms with Crippen molar-refractivity contribution in [2.75, 3.05) is 19.6 Å². The Hall–Kier alpha value is -0.900. The fraction of sp³-hybridized carbons (Fsp3) is 0.875. The van der Waals surface area contributed by atoms with Gasteiger partial charge in [0.25, 0.3) is 0 Å². The van der Waals surface area contributed by atoms with Gasteiger partial charge >= 0.3 is 0 Å². The predicted octanol–water partition coefficient (Wildman–Crippen LogP) is 1.98. The van der Waals surface area contributed by atoms with Crippen molar-refractivity contribution in [1.29, 1.82) is 0 Å². The van der Waals surface area contributed by atoms with Crippen molar-refractivity contribution in [1.82, 2.24) is 10.2 Å². The molecular weight excluding hydrogens is 252 g/mol. The van der Waals surface area contributed by atoms with Crippen LogP contribution in [0, 0.1) is 11.8 Å². The lowest BCUT2D eigenvalue weighted by atomic mass is 9.79. The van der Waals surface area contributed by atoms with E-state index in [1.807, 2.05) is 4.90 Å². The number of rotatable bonds is 4.